The number of carbonyl (C=O) groups excluding carboxylic acids is 2. The number of carbonyl (C=O) groups is 2. The topological polar surface area (TPSA) is 92.1 Å². The second-order valence-corrected chi connectivity index (χ2v) is 8.29. The Labute approximate surface area is 194 Å². The molecule has 0 radical (unpaired) electrons. The van der Waals surface area contributed by atoms with Crippen LogP contribution in [-0.4, -0.2) is 45.7 Å². The van der Waals surface area contributed by atoms with Crippen LogP contribution in [0.3, 0.4) is 0 Å². The third-order valence-corrected chi connectivity index (χ3v) is 5.90. The summed E-state index contributed by atoms with van der Waals surface area (Å²) < 4.78 is 1.62. The molecule has 2 N–H and O–H groups in total. The predicted octanol–water partition coefficient (Wildman–Crippen LogP) is 3.71. The smallest absolute Gasteiger partial charge is 0.255 e. The Kier molecular flexibility index (Phi) is 7.02. The lowest BCUT2D eigenvalue weighted by Crippen LogP contribution is -2.43. The van der Waals surface area contributed by atoms with E-state index in [4.69, 9.17) is 0 Å². The third kappa shape index (κ3) is 5.22. The Morgan fingerprint density at radius 3 is 2.67 bits per heavy atom. The second kappa shape index (κ2) is 10.3. The number of aromatic nitrogens is 3. The van der Waals surface area contributed by atoms with E-state index >= 15 is 0 Å². The van der Waals surface area contributed by atoms with Crippen molar-refractivity contribution in [2.24, 2.45) is 0 Å². The van der Waals surface area contributed by atoms with Crippen molar-refractivity contribution in [3.63, 3.8) is 0 Å². The van der Waals surface area contributed by atoms with E-state index in [-0.39, 0.29) is 11.8 Å². The molecular weight excluding hydrogens is 416 g/mol. The molecule has 1 atom stereocenters. The summed E-state index contributed by atoms with van der Waals surface area (Å²) >= 11 is 0. The maximum absolute atomic E-state index is 13.0. The maximum Gasteiger partial charge on any atom is 0.255 e. The molecule has 2 aromatic heterocycles. The number of rotatable bonds is 8. The highest BCUT2D eigenvalue weighted by atomic mass is 16.2. The molecule has 1 aromatic carbocycles. The van der Waals surface area contributed by atoms with Gasteiger partial charge in [-0.3, -0.25) is 9.59 Å². The van der Waals surface area contributed by atoms with Crippen LogP contribution in [0.1, 0.15) is 48.7 Å². The predicted molar refractivity (Wildman–Crippen MR) is 129 cm³/mol. The monoisotopic (exact) mass is 446 g/mol. The van der Waals surface area contributed by atoms with E-state index in [2.05, 4.69) is 31.7 Å². The van der Waals surface area contributed by atoms with Crippen molar-refractivity contribution in [3.8, 4) is 5.82 Å². The van der Waals surface area contributed by atoms with E-state index in [1.807, 2.05) is 50.2 Å². The number of benzene rings is 1. The first kappa shape index (κ1) is 22.5. The van der Waals surface area contributed by atoms with Gasteiger partial charge in [0.05, 0.1) is 17.5 Å². The van der Waals surface area contributed by atoms with Gasteiger partial charge in [0.25, 0.3) is 5.91 Å². The average Bonchev–Trinajstić information content (AvgIpc) is 3.50. The van der Waals surface area contributed by atoms with Crippen molar-refractivity contribution >= 4 is 23.2 Å². The molecule has 0 saturated carbocycles. The van der Waals surface area contributed by atoms with Crippen LogP contribution in [0, 0.1) is 6.92 Å². The molecule has 172 valence electrons. The van der Waals surface area contributed by atoms with Crippen LogP contribution in [0.4, 0.5) is 11.4 Å². The Balaban J connectivity index is 1.45. The zero-order valence-electron chi connectivity index (χ0n) is 19.1. The molecule has 0 bridgehead atoms. The number of nitrogens with zero attached hydrogens (tertiary/aromatic N) is 4. The minimum atomic E-state index is -0.643. The number of hydrogen-bond acceptors (Lipinski definition) is 5. The standard InChI is InChI=1S/C25H30N6O2/c1-3-9-22(25(33)28-19-10-8-11-20(16-19)30-14-6-7-15-30)29-24(32)21-17-27-31(18(21)2)23-12-4-5-13-26-23/h4-5,8,10-13,16-17,22H,3,6-7,9,14-15H2,1-2H3,(H,28,33)(H,29,32). The molecule has 3 aromatic rings. The van der Waals surface area contributed by atoms with Crippen LogP contribution in [-0.2, 0) is 4.79 Å². The lowest BCUT2D eigenvalue weighted by Gasteiger charge is -2.20. The van der Waals surface area contributed by atoms with Crippen molar-refractivity contribution in [3.05, 3.63) is 66.1 Å². The van der Waals surface area contributed by atoms with Crippen LogP contribution in [0.5, 0.6) is 0 Å². The molecule has 1 saturated heterocycles. The lowest BCUT2D eigenvalue weighted by atomic mass is 10.1. The van der Waals surface area contributed by atoms with E-state index in [0.717, 1.165) is 30.9 Å². The normalized spacial score (nSPS) is 14.2. The molecular formula is C25H30N6O2. The summed E-state index contributed by atoms with van der Waals surface area (Å²) in [7, 11) is 0. The number of nitrogens with one attached hydrogen (secondary N) is 2. The van der Waals surface area contributed by atoms with Crippen molar-refractivity contribution in [1.29, 1.82) is 0 Å². The first-order valence-corrected chi connectivity index (χ1v) is 11.5. The highest BCUT2D eigenvalue weighted by Gasteiger charge is 2.24. The van der Waals surface area contributed by atoms with Gasteiger partial charge in [0, 0.05) is 30.7 Å². The highest BCUT2D eigenvalue weighted by Crippen LogP contribution is 2.23. The third-order valence-electron chi connectivity index (χ3n) is 5.90. The fourth-order valence-corrected chi connectivity index (χ4v) is 4.12. The number of anilines is 2. The molecule has 2 amide bonds. The molecule has 8 heteroatoms. The summed E-state index contributed by atoms with van der Waals surface area (Å²) in [5.41, 5.74) is 2.93. The quantitative estimate of drug-likeness (QED) is 0.550. The summed E-state index contributed by atoms with van der Waals surface area (Å²) in [6, 6.07) is 12.8. The van der Waals surface area contributed by atoms with Crippen molar-refractivity contribution < 1.29 is 9.59 Å². The SMILES string of the molecule is CCCC(NC(=O)c1cnn(-c2ccccn2)c1C)C(=O)Nc1cccc(N2CCCC2)c1. The van der Waals surface area contributed by atoms with Crippen LogP contribution < -0.4 is 15.5 Å². The summed E-state index contributed by atoms with van der Waals surface area (Å²) in [4.78, 5) is 32.7. The van der Waals surface area contributed by atoms with Crippen LogP contribution in [0.25, 0.3) is 5.82 Å². The van der Waals surface area contributed by atoms with E-state index < -0.39 is 6.04 Å². The summed E-state index contributed by atoms with van der Waals surface area (Å²) in [5, 5.41) is 10.2. The van der Waals surface area contributed by atoms with E-state index in [0.29, 0.717) is 23.5 Å². The molecule has 1 aliphatic heterocycles. The summed E-state index contributed by atoms with van der Waals surface area (Å²) in [5.74, 6) is 0.0856. The number of amides is 2. The van der Waals surface area contributed by atoms with E-state index in [1.54, 1.807) is 10.9 Å². The van der Waals surface area contributed by atoms with Crippen molar-refractivity contribution in [2.45, 2.75) is 45.6 Å². The zero-order chi connectivity index (χ0) is 23.2. The lowest BCUT2D eigenvalue weighted by molar-refractivity contribution is -0.118. The molecule has 8 nitrogen and oxygen atoms in total. The Morgan fingerprint density at radius 1 is 1.12 bits per heavy atom. The molecule has 33 heavy (non-hydrogen) atoms. The first-order chi connectivity index (χ1) is 16.1. The van der Waals surface area contributed by atoms with Gasteiger partial charge in [0.15, 0.2) is 5.82 Å². The Morgan fingerprint density at radius 2 is 1.94 bits per heavy atom. The molecule has 0 spiro atoms. The van der Waals surface area contributed by atoms with Gasteiger partial charge in [-0.1, -0.05) is 25.5 Å². The van der Waals surface area contributed by atoms with Gasteiger partial charge in [0.2, 0.25) is 5.91 Å². The van der Waals surface area contributed by atoms with Gasteiger partial charge in [-0.15, -0.1) is 0 Å². The van der Waals surface area contributed by atoms with Crippen molar-refractivity contribution in [1.82, 2.24) is 20.1 Å². The average molecular weight is 447 g/mol. The molecule has 1 fully saturated rings. The minimum Gasteiger partial charge on any atom is -0.371 e. The van der Waals surface area contributed by atoms with Gasteiger partial charge < -0.3 is 15.5 Å². The van der Waals surface area contributed by atoms with Crippen LogP contribution in [0.15, 0.2) is 54.9 Å². The minimum absolute atomic E-state index is 0.224. The largest absolute Gasteiger partial charge is 0.371 e. The van der Waals surface area contributed by atoms with E-state index in [1.165, 1.54) is 19.0 Å². The highest BCUT2D eigenvalue weighted by molar-refractivity contribution is 6.01. The Bertz CT molecular complexity index is 1110. The summed E-state index contributed by atoms with van der Waals surface area (Å²) in [6.45, 7) is 5.88. The van der Waals surface area contributed by atoms with Gasteiger partial charge >= 0.3 is 0 Å². The fourth-order valence-electron chi connectivity index (χ4n) is 4.12. The maximum atomic E-state index is 13.0. The molecule has 4 rings (SSSR count). The number of pyridine rings is 1. The number of hydrogen-bond donors (Lipinski definition) is 2. The Hall–Kier alpha value is -3.68. The van der Waals surface area contributed by atoms with Crippen LogP contribution >= 0.6 is 0 Å². The zero-order valence-corrected chi connectivity index (χ0v) is 19.1. The molecule has 3 heterocycles. The van der Waals surface area contributed by atoms with Gasteiger partial charge in [-0.05, 0) is 56.5 Å². The van der Waals surface area contributed by atoms with Gasteiger partial charge in [-0.25, -0.2) is 9.67 Å². The van der Waals surface area contributed by atoms with E-state index in [9.17, 15) is 9.59 Å². The van der Waals surface area contributed by atoms with Crippen LogP contribution in [0.2, 0.25) is 0 Å². The van der Waals surface area contributed by atoms with Gasteiger partial charge in [-0.2, -0.15) is 5.10 Å². The fraction of sp³-hybridized carbons (Fsp3) is 0.360. The molecule has 0 aliphatic carbocycles. The first-order valence-electron chi connectivity index (χ1n) is 11.5. The molecule has 1 aliphatic rings. The van der Waals surface area contributed by atoms with Gasteiger partial charge in [0.1, 0.15) is 6.04 Å². The summed E-state index contributed by atoms with van der Waals surface area (Å²) in [6.07, 6.45) is 6.88. The molecule has 1 unspecified atom stereocenters. The second-order valence-electron chi connectivity index (χ2n) is 8.29. The van der Waals surface area contributed by atoms with Crippen molar-refractivity contribution in [2.75, 3.05) is 23.3 Å².